The van der Waals surface area contributed by atoms with Crippen molar-refractivity contribution in [2.24, 2.45) is 0 Å². The van der Waals surface area contributed by atoms with Crippen LogP contribution in [0.15, 0.2) is 36.4 Å². The quantitative estimate of drug-likeness (QED) is 0.888. The molecule has 0 aliphatic carbocycles. The topological polar surface area (TPSA) is 54.0 Å². The molecule has 2 aromatic rings. The minimum Gasteiger partial charge on any atom is -0.497 e. The molecule has 1 fully saturated rings. The molecule has 0 radical (unpaired) electrons. The average Bonchev–Trinajstić information content (AvgIpc) is 2.70. The Morgan fingerprint density at radius 1 is 0.963 bits per heavy atom. The van der Waals surface area contributed by atoms with Gasteiger partial charge in [-0.05, 0) is 24.3 Å². The zero-order valence-corrected chi connectivity index (χ0v) is 15.2. The van der Waals surface area contributed by atoms with Crippen molar-refractivity contribution >= 4 is 17.4 Å². The lowest BCUT2D eigenvalue weighted by Crippen LogP contribution is -2.50. The zero-order chi connectivity index (χ0) is 19.4. The van der Waals surface area contributed by atoms with E-state index < -0.39 is 11.6 Å². The lowest BCUT2D eigenvalue weighted by molar-refractivity contribution is 0.208. The number of methoxy groups -OCH3 is 2. The number of nitrogens with zero attached hydrogens (tertiary/aromatic N) is 2. The van der Waals surface area contributed by atoms with Gasteiger partial charge in [-0.3, -0.25) is 0 Å². The Labute approximate surface area is 156 Å². The Bertz CT molecular complexity index is 824. The summed E-state index contributed by atoms with van der Waals surface area (Å²) >= 11 is 0. The molecular formula is C19H21F2N3O3. The Morgan fingerprint density at radius 3 is 2.33 bits per heavy atom. The Morgan fingerprint density at radius 2 is 1.70 bits per heavy atom. The zero-order valence-electron chi connectivity index (χ0n) is 15.2. The number of carbonyl (C=O) groups excluding carboxylic acids is 1. The van der Waals surface area contributed by atoms with Crippen molar-refractivity contribution in [3.8, 4) is 11.5 Å². The maximum atomic E-state index is 13.3. The monoisotopic (exact) mass is 377 g/mol. The van der Waals surface area contributed by atoms with Gasteiger partial charge in [0.1, 0.15) is 11.5 Å². The third-order valence-corrected chi connectivity index (χ3v) is 4.47. The van der Waals surface area contributed by atoms with Gasteiger partial charge < -0.3 is 24.6 Å². The molecule has 1 heterocycles. The van der Waals surface area contributed by atoms with Crippen LogP contribution in [-0.2, 0) is 0 Å². The number of rotatable bonds is 4. The van der Waals surface area contributed by atoms with Crippen LogP contribution in [0.4, 0.5) is 25.0 Å². The van der Waals surface area contributed by atoms with E-state index in [0.29, 0.717) is 37.7 Å². The van der Waals surface area contributed by atoms with Crippen LogP contribution in [0.3, 0.4) is 0 Å². The number of hydrogen-bond donors (Lipinski definition) is 1. The first-order valence-corrected chi connectivity index (χ1v) is 8.50. The summed E-state index contributed by atoms with van der Waals surface area (Å²) in [5.74, 6) is -0.534. The normalized spacial score (nSPS) is 14.1. The van der Waals surface area contributed by atoms with Gasteiger partial charge >= 0.3 is 6.03 Å². The van der Waals surface area contributed by atoms with Gasteiger partial charge in [-0.15, -0.1) is 0 Å². The van der Waals surface area contributed by atoms with Crippen molar-refractivity contribution in [3.05, 3.63) is 48.0 Å². The molecule has 1 N–H and O–H groups in total. The first-order chi connectivity index (χ1) is 13.0. The molecule has 2 amide bonds. The van der Waals surface area contributed by atoms with E-state index in [1.807, 2.05) is 18.2 Å². The number of carbonyl (C=O) groups is 1. The number of piperazine rings is 1. The molecule has 0 atom stereocenters. The van der Waals surface area contributed by atoms with Crippen LogP contribution in [0.5, 0.6) is 11.5 Å². The van der Waals surface area contributed by atoms with Gasteiger partial charge in [0, 0.05) is 44.0 Å². The minimum atomic E-state index is -0.996. The third kappa shape index (κ3) is 4.21. The molecule has 0 spiro atoms. The van der Waals surface area contributed by atoms with Crippen molar-refractivity contribution in [3.63, 3.8) is 0 Å². The molecule has 0 bridgehead atoms. The minimum absolute atomic E-state index is 0.221. The summed E-state index contributed by atoms with van der Waals surface area (Å²) in [6.45, 7) is 2.22. The number of nitrogens with one attached hydrogen (secondary N) is 1. The number of hydrogen-bond acceptors (Lipinski definition) is 4. The first kappa shape index (κ1) is 18.8. The van der Waals surface area contributed by atoms with E-state index in [-0.39, 0.29) is 11.7 Å². The standard InChI is InChI=1S/C19H21F2N3O3/c1-26-14-4-6-17(18(12-14)27-2)23-7-9-24(10-8-23)19(25)22-13-3-5-15(20)16(21)11-13/h3-6,11-12H,7-10H2,1-2H3,(H,22,25). The SMILES string of the molecule is COc1ccc(N2CCN(C(=O)Nc3ccc(F)c(F)c3)CC2)c(OC)c1. The fraction of sp³-hybridized carbons (Fsp3) is 0.316. The second kappa shape index (κ2) is 8.11. The third-order valence-electron chi connectivity index (χ3n) is 4.47. The summed E-state index contributed by atoms with van der Waals surface area (Å²) in [6, 6.07) is 8.54. The van der Waals surface area contributed by atoms with Gasteiger partial charge in [-0.25, -0.2) is 13.6 Å². The molecule has 1 aliphatic heterocycles. The maximum absolute atomic E-state index is 13.3. The van der Waals surface area contributed by atoms with Crippen LogP contribution in [0.1, 0.15) is 0 Å². The van der Waals surface area contributed by atoms with Gasteiger partial charge in [0.25, 0.3) is 0 Å². The van der Waals surface area contributed by atoms with Crippen LogP contribution in [0.25, 0.3) is 0 Å². The van der Waals surface area contributed by atoms with Gasteiger partial charge in [0.05, 0.1) is 19.9 Å². The molecule has 1 saturated heterocycles. The molecule has 0 saturated carbocycles. The number of halogens is 2. The van der Waals surface area contributed by atoms with Crippen LogP contribution in [-0.4, -0.2) is 51.3 Å². The van der Waals surface area contributed by atoms with Crippen LogP contribution >= 0.6 is 0 Å². The van der Waals surface area contributed by atoms with E-state index in [2.05, 4.69) is 10.2 Å². The van der Waals surface area contributed by atoms with E-state index in [1.54, 1.807) is 19.1 Å². The largest absolute Gasteiger partial charge is 0.497 e. The Balaban J connectivity index is 1.61. The van der Waals surface area contributed by atoms with Gasteiger partial charge in [0.2, 0.25) is 0 Å². The molecule has 8 heteroatoms. The Hall–Kier alpha value is -3.03. The van der Waals surface area contributed by atoms with Crippen molar-refractivity contribution < 1.29 is 23.0 Å². The highest BCUT2D eigenvalue weighted by molar-refractivity contribution is 5.89. The summed E-state index contributed by atoms with van der Waals surface area (Å²) < 4.78 is 36.9. The van der Waals surface area contributed by atoms with Gasteiger partial charge in [-0.1, -0.05) is 0 Å². The number of anilines is 2. The van der Waals surface area contributed by atoms with E-state index in [1.165, 1.54) is 6.07 Å². The molecular weight excluding hydrogens is 356 g/mol. The molecule has 2 aromatic carbocycles. The number of urea groups is 1. The number of amides is 2. The molecule has 0 unspecified atom stereocenters. The van der Waals surface area contributed by atoms with Gasteiger partial charge in [0.15, 0.2) is 11.6 Å². The van der Waals surface area contributed by atoms with Crippen molar-refractivity contribution in [1.29, 1.82) is 0 Å². The smallest absolute Gasteiger partial charge is 0.321 e. The predicted octanol–water partition coefficient (Wildman–Crippen LogP) is 3.34. The lowest BCUT2D eigenvalue weighted by Gasteiger charge is -2.36. The van der Waals surface area contributed by atoms with Crippen molar-refractivity contribution in [1.82, 2.24) is 4.90 Å². The summed E-state index contributed by atoms with van der Waals surface area (Å²) in [5, 5.41) is 2.59. The average molecular weight is 377 g/mol. The fourth-order valence-electron chi connectivity index (χ4n) is 2.97. The first-order valence-electron chi connectivity index (χ1n) is 8.50. The van der Waals surface area contributed by atoms with Crippen LogP contribution < -0.4 is 19.7 Å². The highest BCUT2D eigenvalue weighted by atomic mass is 19.2. The van der Waals surface area contributed by atoms with E-state index >= 15 is 0 Å². The number of benzene rings is 2. The molecule has 0 aromatic heterocycles. The van der Waals surface area contributed by atoms with E-state index in [4.69, 9.17) is 9.47 Å². The van der Waals surface area contributed by atoms with E-state index in [9.17, 15) is 13.6 Å². The predicted molar refractivity (Wildman–Crippen MR) is 98.7 cm³/mol. The highest BCUT2D eigenvalue weighted by Crippen LogP contribution is 2.32. The second-order valence-corrected chi connectivity index (χ2v) is 6.07. The highest BCUT2D eigenvalue weighted by Gasteiger charge is 2.23. The molecule has 1 aliphatic rings. The van der Waals surface area contributed by atoms with E-state index in [0.717, 1.165) is 17.8 Å². The Kier molecular flexibility index (Phi) is 5.63. The van der Waals surface area contributed by atoms with Crippen LogP contribution in [0, 0.1) is 11.6 Å². The summed E-state index contributed by atoms with van der Waals surface area (Å²) in [4.78, 5) is 16.1. The second-order valence-electron chi connectivity index (χ2n) is 6.07. The summed E-state index contributed by atoms with van der Waals surface area (Å²) in [6.07, 6.45) is 0. The molecule has 27 heavy (non-hydrogen) atoms. The van der Waals surface area contributed by atoms with Gasteiger partial charge in [-0.2, -0.15) is 0 Å². The maximum Gasteiger partial charge on any atom is 0.321 e. The summed E-state index contributed by atoms with van der Waals surface area (Å²) in [7, 11) is 3.20. The van der Waals surface area contributed by atoms with Crippen molar-refractivity contribution in [2.45, 2.75) is 0 Å². The fourth-order valence-corrected chi connectivity index (χ4v) is 2.97. The number of ether oxygens (including phenoxy) is 2. The lowest BCUT2D eigenvalue weighted by atomic mass is 10.2. The van der Waals surface area contributed by atoms with Crippen LogP contribution in [0.2, 0.25) is 0 Å². The molecule has 6 nitrogen and oxygen atoms in total. The molecule has 3 rings (SSSR count). The van der Waals surface area contributed by atoms with Crippen molar-refractivity contribution in [2.75, 3.05) is 50.6 Å². The summed E-state index contributed by atoms with van der Waals surface area (Å²) in [5.41, 5.74) is 1.15. The molecule has 144 valence electrons.